The summed E-state index contributed by atoms with van der Waals surface area (Å²) in [7, 11) is 0. The molecule has 0 radical (unpaired) electrons. The fourth-order valence-electron chi connectivity index (χ4n) is 1.34. The Labute approximate surface area is 112 Å². The van der Waals surface area contributed by atoms with E-state index >= 15 is 0 Å². The van der Waals surface area contributed by atoms with Gasteiger partial charge in [0.05, 0.1) is 11.9 Å². The van der Waals surface area contributed by atoms with Gasteiger partial charge in [-0.15, -0.1) is 0 Å². The van der Waals surface area contributed by atoms with Crippen LogP contribution in [-0.2, 0) is 0 Å². The molecule has 5 nitrogen and oxygen atoms in total. The second kappa shape index (κ2) is 4.74. The SMILES string of the molecule is Cc1ccc(NC(=O)c2[nH]ncc2N)cc1I. The lowest BCUT2D eigenvalue weighted by Crippen LogP contribution is -2.14. The van der Waals surface area contributed by atoms with E-state index < -0.39 is 0 Å². The van der Waals surface area contributed by atoms with Gasteiger partial charge in [0, 0.05) is 9.26 Å². The lowest BCUT2D eigenvalue weighted by Gasteiger charge is -2.06. The Morgan fingerprint density at radius 1 is 1.53 bits per heavy atom. The van der Waals surface area contributed by atoms with Crippen molar-refractivity contribution in [3.05, 3.63) is 39.2 Å². The minimum absolute atomic E-state index is 0.278. The molecule has 0 saturated heterocycles. The Bertz CT molecular complexity index is 564. The molecule has 1 amide bonds. The van der Waals surface area contributed by atoms with Crippen LogP contribution in [0.3, 0.4) is 0 Å². The first kappa shape index (κ1) is 11.9. The number of halogens is 1. The zero-order chi connectivity index (χ0) is 12.4. The van der Waals surface area contributed by atoms with E-state index in [-0.39, 0.29) is 11.6 Å². The Hall–Kier alpha value is -1.57. The monoisotopic (exact) mass is 342 g/mol. The standard InChI is InChI=1S/C11H11IN4O/c1-6-2-3-7(4-8(6)12)15-11(17)10-9(13)5-14-16-10/h2-5H,13H2,1H3,(H,14,16)(H,15,17). The van der Waals surface area contributed by atoms with Crippen LogP contribution in [0, 0.1) is 10.5 Å². The fraction of sp³-hybridized carbons (Fsp3) is 0.0909. The predicted octanol–water partition coefficient (Wildman–Crippen LogP) is 2.16. The summed E-state index contributed by atoms with van der Waals surface area (Å²) in [5.41, 5.74) is 8.11. The molecule has 2 aromatic rings. The Morgan fingerprint density at radius 3 is 2.88 bits per heavy atom. The number of carbonyl (C=O) groups is 1. The number of H-pyrrole nitrogens is 1. The first-order valence-electron chi connectivity index (χ1n) is 4.94. The average molecular weight is 342 g/mol. The van der Waals surface area contributed by atoms with Gasteiger partial charge in [0.25, 0.3) is 5.91 Å². The second-order valence-corrected chi connectivity index (χ2v) is 4.78. The highest BCUT2D eigenvalue weighted by Crippen LogP contribution is 2.18. The summed E-state index contributed by atoms with van der Waals surface area (Å²) in [6.45, 7) is 2.01. The van der Waals surface area contributed by atoms with Crippen LogP contribution in [0.15, 0.2) is 24.4 Å². The van der Waals surface area contributed by atoms with E-state index in [0.29, 0.717) is 5.69 Å². The van der Waals surface area contributed by atoms with Gasteiger partial charge in [-0.1, -0.05) is 6.07 Å². The van der Waals surface area contributed by atoms with E-state index in [9.17, 15) is 4.79 Å². The lowest BCUT2D eigenvalue weighted by molar-refractivity contribution is 0.102. The number of nitrogen functional groups attached to an aromatic ring is 1. The van der Waals surface area contributed by atoms with Crippen molar-refractivity contribution in [2.45, 2.75) is 6.92 Å². The maximum Gasteiger partial charge on any atom is 0.275 e. The number of amides is 1. The minimum Gasteiger partial charge on any atom is -0.396 e. The van der Waals surface area contributed by atoms with Crippen LogP contribution in [0.25, 0.3) is 0 Å². The number of benzene rings is 1. The Kier molecular flexibility index (Phi) is 3.32. The van der Waals surface area contributed by atoms with Crippen LogP contribution in [0.1, 0.15) is 16.1 Å². The van der Waals surface area contributed by atoms with Crippen LogP contribution < -0.4 is 11.1 Å². The molecule has 88 valence electrons. The number of aromatic nitrogens is 2. The summed E-state index contributed by atoms with van der Waals surface area (Å²) >= 11 is 2.22. The van der Waals surface area contributed by atoms with E-state index in [4.69, 9.17) is 5.73 Å². The van der Waals surface area contributed by atoms with Crippen molar-refractivity contribution >= 4 is 39.9 Å². The number of hydrogen-bond donors (Lipinski definition) is 3. The summed E-state index contributed by atoms with van der Waals surface area (Å²) in [5, 5.41) is 9.02. The number of hydrogen-bond acceptors (Lipinski definition) is 3. The Balaban J connectivity index is 2.19. The third kappa shape index (κ3) is 2.57. The third-order valence-corrected chi connectivity index (χ3v) is 3.49. The molecule has 0 saturated carbocycles. The van der Waals surface area contributed by atoms with Crippen LogP contribution in [0.4, 0.5) is 11.4 Å². The molecular weight excluding hydrogens is 331 g/mol. The van der Waals surface area contributed by atoms with Crippen molar-refractivity contribution in [3.8, 4) is 0 Å². The van der Waals surface area contributed by atoms with Crippen molar-refractivity contribution in [2.75, 3.05) is 11.1 Å². The molecule has 1 aromatic carbocycles. The molecule has 0 unspecified atom stereocenters. The Morgan fingerprint density at radius 2 is 2.29 bits per heavy atom. The maximum absolute atomic E-state index is 11.8. The van der Waals surface area contributed by atoms with Gasteiger partial charge >= 0.3 is 0 Å². The molecule has 0 fully saturated rings. The molecule has 1 heterocycles. The average Bonchev–Trinajstić information content (AvgIpc) is 2.70. The number of carbonyl (C=O) groups excluding carboxylic acids is 1. The number of aryl methyl sites for hydroxylation is 1. The number of nitrogens with zero attached hydrogens (tertiary/aromatic N) is 1. The zero-order valence-corrected chi connectivity index (χ0v) is 11.3. The van der Waals surface area contributed by atoms with Crippen molar-refractivity contribution < 1.29 is 4.79 Å². The smallest absolute Gasteiger partial charge is 0.275 e. The van der Waals surface area contributed by atoms with Crippen LogP contribution in [0.5, 0.6) is 0 Å². The molecule has 0 aliphatic carbocycles. The van der Waals surface area contributed by atoms with E-state index in [2.05, 4.69) is 38.1 Å². The molecule has 2 rings (SSSR count). The van der Waals surface area contributed by atoms with Gasteiger partial charge in [-0.05, 0) is 47.2 Å². The molecule has 0 spiro atoms. The van der Waals surface area contributed by atoms with Crippen molar-refractivity contribution in [3.63, 3.8) is 0 Å². The van der Waals surface area contributed by atoms with Crippen molar-refractivity contribution in [1.29, 1.82) is 0 Å². The van der Waals surface area contributed by atoms with E-state index in [0.717, 1.165) is 9.26 Å². The summed E-state index contributed by atoms with van der Waals surface area (Å²) in [4.78, 5) is 11.8. The number of anilines is 2. The van der Waals surface area contributed by atoms with Gasteiger partial charge in [-0.3, -0.25) is 9.89 Å². The van der Waals surface area contributed by atoms with Gasteiger partial charge in [0.2, 0.25) is 0 Å². The van der Waals surface area contributed by atoms with Gasteiger partial charge < -0.3 is 11.1 Å². The molecule has 0 bridgehead atoms. The molecule has 17 heavy (non-hydrogen) atoms. The van der Waals surface area contributed by atoms with Crippen LogP contribution >= 0.6 is 22.6 Å². The topological polar surface area (TPSA) is 83.8 Å². The van der Waals surface area contributed by atoms with Gasteiger partial charge in [0.1, 0.15) is 5.69 Å². The normalized spacial score (nSPS) is 10.2. The summed E-state index contributed by atoms with van der Waals surface area (Å²) in [6.07, 6.45) is 1.41. The zero-order valence-electron chi connectivity index (χ0n) is 9.12. The van der Waals surface area contributed by atoms with Gasteiger partial charge in [-0.25, -0.2) is 0 Å². The van der Waals surface area contributed by atoms with Gasteiger partial charge in [-0.2, -0.15) is 5.10 Å². The van der Waals surface area contributed by atoms with E-state index in [1.807, 2.05) is 25.1 Å². The highest BCUT2D eigenvalue weighted by molar-refractivity contribution is 14.1. The second-order valence-electron chi connectivity index (χ2n) is 3.62. The fourth-order valence-corrected chi connectivity index (χ4v) is 1.86. The van der Waals surface area contributed by atoms with Gasteiger partial charge in [0.15, 0.2) is 0 Å². The number of nitrogens with two attached hydrogens (primary N) is 1. The number of aromatic amines is 1. The first-order chi connectivity index (χ1) is 8.08. The molecule has 0 aliphatic heterocycles. The highest BCUT2D eigenvalue weighted by Gasteiger charge is 2.11. The highest BCUT2D eigenvalue weighted by atomic mass is 127. The molecule has 0 aliphatic rings. The minimum atomic E-state index is -0.292. The first-order valence-corrected chi connectivity index (χ1v) is 6.02. The molecule has 1 aromatic heterocycles. The van der Waals surface area contributed by atoms with Crippen molar-refractivity contribution in [1.82, 2.24) is 10.2 Å². The summed E-state index contributed by atoms with van der Waals surface area (Å²) < 4.78 is 1.10. The number of rotatable bonds is 2. The quantitative estimate of drug-likeness (QED) is 0.732. The summed E-state index contributed by atoms with van der Waals surface area (Å²) in [6, 6.07) is 5.70. The molecule has 0 atom stereocenters. The maximum atomic E-state index is 11.8. The van der Waals surface area contributed by atoms with Crippen LogP contribution in [-0.4, -0.2) is 16.1 Å². The largest absolute Gasteiger partial charge is 0.396 e. The third-order valence-electron chi connectivity index (χ3n) is 2.33. The molecular formula is C11H11IN4O. The van der Waals surface area contributed by atoms with E-state index in [1.54, 1.807) is 0 Å². The molecule has 4 N–H and O–H groups in total. The number of nitrogens with one attached hydrogen (secondary N) is 2. The van der Waals surface area contributed by atoms with Crippen LogP contribution in [0.2, 0.25) is 0 Å². The summed E-state index contributed by atoms with van der Waals surface area (Å²) in [5.74, 6) is -0.292. The molecule has 6 heteroatoms. The van der Waals surface area contributed by atoms with E-state index in [1.165, 1.54) is 11.8 Å². The lowest BCUT2D eigenvalue weighted by atomic mass is 10.2. The van der Waals surface area contributed by atoms with Crippen molar-refractivity contribution in [2.24, 2.45) is 0 Å². The predicted molar refractivity (Wildman–Crippen MR) is 74.8 cm³/mol.